The maximum absolute atomic E-state index is 13.6. The van der Waals surface area contributed by atoms with Crippen molar-refractivity contribution in [1.29, 1.82) is 0 Å². The van der Waals surface area contributed by atoms with Crippen molar-refractivity contribution in [3.05, 3.63) is 53.6 Å². The molecule has 0 fully saturated rings. The number of carbonyl (C=O) groups is 1. The first-order chi connectivity index (χ1) is 14.4. The van der Waals surface area contributed by atoms with E-state index in [1.165, 1.54) is 30.7 Å². The Hall–Kier alpha value is -2.58. The minimum absolute atomic E-state index is 0.0666. The Bertz CT molecular complexity index is 1020. The van der Waals surface area contributed by atoms with Gasteiger partial charge in [0.05, 0.1) is 19.1 Å². The number of amides is 1. The average Bonchev–Trinajstić information content (AvgIpc) is 2.78. The molecule has 8 heteroatoms. The van der Waals surface area contributed by atoms with Gasteiger partial charge in [-0.1, -0.05) is 24.3 Å². The Kier molecular flexibility index (Phi) is 6.67. The van der Waals surface area contributed by atoms with Gasteiger partial charge in [-0.25, -0.2) is 8.42 Å². The second-order valence-electron chi connectivity index (χ2n) is 7.07. The molecular formula is C22H28N2O5S. The van der Waals surface area contributed by atoms with E-state index < -0.39 is 16.1 Å². The minimum atomic E-state index is -3.96. The third-order valence-corrected chi connectivity index (χ3v) is 7.38. The van der Waals surface area contributed by atoms with Gasteiger partial charge >= 0.3 is 0 Å². The van der Waals surface area contributed by atoms with Crippen LogP contribution in [0.1, 0.15) is 25.0 Å². The van der Waals surface area contributed by atoms with E-state index in [2.05, 4.69) is 0 Å². The predicted molar refractivity (Wildman–Crippen MR) is 114 cm³/mol. The van der Waals surface area contributed by atoms with Crippen molar-refractivity contribution in [2.75, 3.05) is 27.3 Å². The third-order valence-electron chi connectivity index (χ3n) is 5.53. The Balaban J connectivity index is 2.08. The lowest BCUT2D eigenvalue weighted by Crippen LogP contribution is -2.53. The van der Waals surface area contributed by atoms with E-state index in [1.54, 1.807) is 11.0 Å². The molecule has 1 amide bonds. The van der Waals surface area contributed by atoms with Crippen LogP contribution in [-0.4, -0.2) is 56.9 Å². The zero-order valence-corrected chi connectivity index (χ0v) is 18.6. The minimum Gasteiger partial charge on any atom is -0.493 e. The van der Waals surface area contributed by atoms with Crippen molar-refractivity contribution < 1.29 is 22.7 Å². The number of hydrogen-bond donors (Lipinski definition) is 0. The second-order valence-corrected chi connectivity index (χ2v) is 8.96. The first kappa shape index (κ1) is 22.1. The fraction of sp³-hybridized carbons (Fsp3) is 0.409. The molecule has 0 aliphatic carbocycles. The van der Waals surface area contributed by atoms with Crippen LogP contribution in [0.4, 0.5) is 0 Å². The van der Waals surface area contributed by atoms with Gasteiger partial charge < -0.3 is 14.4 Å². The number of likely N-dealkylation sites (N-methyl/N-ethyl adjacent to an activating group) is 1. The van der Waals surface area contributed by atoms with Gasteiger partial charge in [0.25, 0.3) is 0 Å². The monoisotopic (exact) mass is 432 g/mol. The van der Waals surface area contributed by atoms with Gasteiger partial charge in [-0.3, -0.25) is 4.79 Å². The van der Waals surface area contributed by atoms with Crippen molar-refractivity contribution in [1.82, 2.24) is 9.21 Å². The molecule has 0 spiro atoms. The zero-order chi connectivity index (χ0) is 21.9. The molecule has 0 bridgehead atoms. The molecule has 0 saturated carbocycles. The highest BCUT2D eigenvalue weighted by Crippen LogP contribution is 2.34. The molecule has 1 aliphatic heterocycles. The van der Waals surface area contributed by atoms with Crippen LogP contribution in [0.3, 0.4) is 0 Å². The molecule has 1 heterocycles. The van der Waals surface area contributed by atoms with E-state index in [-0.39, 0.29) is 17.3 Å². The lowest BCUT2D eigenvalue weighted by atomic mass is 9.95. The van der Waals surface area contributed by atoms with Crippen LogP contribution >= 0.6 is 0 Å². The van der Waals surface area contributed by atoms with Crippen LogP contribution in [0.5, 0.6) is 11.5 Å². The number of methoxy groups -OCH3 is 2. The number of sulfonamides is 1. The fourth-order valence-corrected chi connectivity index (χ4v) is 5.40. The molecule has 30 heavy (non-hydrogen) atoms. The zero-order valence-electron chi connectivity index (χ0n) is 17.8. The lowest BCUT2D eigenvalue weighted by molar-refractivity contribution is -0.135. The highest BCUT2D eigenvalue weighted by atomic mass is 32.2. The molecular weight excluding hydrogens is 404 g/mol. The molecule has 1 aliphatic rings. The fourth-order valence-electron chi connectivity index (χ4n) is 3.82. The van der Waals surface area contributed by atoms with E-state index in [1.807, 2.05) is 38.1 Å². The Labute approximate surface area is 178 Å². The molecule has 0 aromatic heterocycles. The van der Waals surface area contributed by atoms with Crippen LogP contribution < -0.4 is 9.47 Å². The van der Waals surface area contributed by atoms with Crippen LogP contribution in [0.15, 0.2) is 47.4 Å². The molecule has 0 N–H and O–H groups in total. The number of ether oxygens (including phenoxy) is 2. The van der Waals surface area contributed by atoms with Gasteiger partial charge in [0.2, 0.25) is 15.9 Å². The summed E-state index contributed by atoms with van der Waals surface area (Å²) in [6.07, 6.45) is 0.345. The smallest absolute Gasteiger partial charge is 0.244 e. The van der Waals surface area contributed by atoms with E-state index in [0.29, 0.717) is 31.0 Å². The van der Waals surface area contributed by atoms with Gasteiger partial charge in [-0.05, 0) is 43.5 Å². The second kappa shape index (κ2) is 9.06. The number of rotatable bonds is 7. The Morgan fingerprint density at radius 3 is 2.27 bits per heavy atom. The summed E-state index contributed by atoms with van der Waals surface area (Å²) in [4.78, 5) is 15.0. The first-order valence-electron chi connectivity index (χ1n) is 9.96. The van der Waals surface area contributed by atoms with Crippen LogP contribution in [0, 0.1) is 0 Å². The molecule has 2 aromatic carbocycles. The highest BCUT2D eigenvalue weighted by Gasteiger charge is 2.41. The van der Waals surface area contributed by atoms with Gasteiger partial charge in [0, 0.05) is 25.7 Å². The van der Waals surface area contributed by atoms with E-state index in [4.69, 9.17) is 9.47 Å². The van der Waals surface area contributed by atoms with Crippen molar-refractivity contribution in [3.63, 3.8) is 0 Å². The highest BCUT2D eigenvalue weighted by molar-refractivity contribution is 7.89. The normalized spacial score (nSPS) is 16.6. The number of benzene rings is 2. The number of carbonyl (C=O) groups excluding carboxylic acids is 1. The van der Waals surface area contributed by atoms with Crippen LogP contribution in [0.2, 0.25) is 0 Å². The molecule has 0 radical (unpaired) electrons. The van der Waals surface area contributed by atoms with Crippen molar-refractivity contribution in [3.8, 4) is 11.5 Å². The summed E-state index contributed by atoms with van der Waals surface area (Å²) < 4.78 is 39.1. The van der Waals surface area contributed by atoms with Crippen LogP contribution in [0.25, 0.3) is 0 Å². The summed E-state index contributed by atoms with van der Waals surface area (Å²) in [5.74, 6) is 0.581. The molecule has 0 saturated heterocycles. The lowest BCUT2D eigenvalue weighted by Gasteiger charge is -2.37. The van der Waals surface area contributed by atoms with E-state index >= 15 is 0 Å². The molecule has 7 nitrogen and oxygen atoms in total. The number of hydrogen-bond acceptors (Lipinski definition) is 5. The summed E-state index contributed by atoms with van der Waals surface area (Å²) in [5.41, 5.74) is 1.91. The molecule has 2 aromatic rings. The standard InChI is InChI=1S/C22H28N2O5S/c1-5-23(6-2)22(25)19-13-16-9-7-8-10-17(16)15-24(19)30(26,27)18-11-12-20(28-3)21(14-18)29-4/h7-12,14,19H,5-6,13,15H2,1-4H3. The average molecular weight is 433 g/mol. The van der Waals surface area contributed by atoms with Crippen LogP contribution in [-0.2, 0) is 27.8 Å². The van der Waals surface area contributed by atoms with Crippen molar-refractivity contribution >= 4 is 15.9 Å². The van der Waals surface area contributed by atoms with Crippen molar-refractivity contribution in [2.24, 2.45) is 0 Å². The summed E-state index contributed by atoms with van der Waals surface area (Å²) in [5, 5.41) is 0. The molecule has 1 unspecified atom stereocenters. The first-order valence-corrected chi connectivity index (χ1v) is 11.4. The molecule has 1 atom stereocenters. The van der Waals surface area contributed by atoms with E-state index in [0.717, 1.165) is 11.1 Å². The number of nitrogens with zero attached hydrogens (tertiary/aromatic N) is 2. The maximum atomic E-state index is 13.6. The summed E-state index contributed by atoms with van der Waals surface area (Å²) in [6, 6.07) is 11.3. The summed E-state index contributed by atoms with van der Waals surface area (Å²) in [6.45, 7) is 4.98. The molecule has 162 valence electrons. The van der Waals surface area contributed by atoms with E-state index in [9.17, 15) is 13.2 Å². The summed E-state index contributed by atoms with van der Waals surface area (Å²) in [7, 11) is -1.01. The van der Waals surface area contributed by atoms with Crippen molar-refractivity contribution in [2.45, 2.75) is 37.8 Å². The van der Waals surface area contributed by atoms with Gasteiger partial charge in [-0.2, -0.15) is 4.31 Å². The number of fused-ring (bicyclic) bond motifs is 1. The quantitative estimate of drug-likeness (QED) is 0.672. The third kappa shape index (κ3) is 4.02. The SMILES string of the molecule is CCN(CC)C(=O)C1Cc2ccccc2CN1S(=O)(=O)c1ccc(OC)c(OC)c1. The summed E-state index contributed by atoms with van der Waals surface area (Å²) >= 11 is 0. The largest absolute Gasteiger partial charge is 0.493 e. The van der Waals surface area contributed by atoms with Gasteiger partial charge in [0.1, 0.15) is 6.04 Å². The Morgan fingerprint density at radius 1 is 1.03 bits per heavy atom. The topological polar surface area (TPSA) is 76.2 Å². The molecule has 3 rings (SSSR count). The Morgan fingerprint density at radius 2 is 1.67 bits per heavy atom. The maximum Gasteiger partial charge on any atom is 0.244 e. The predicted octanol–water partition coefficient (Wildman–Crippen LogP) is 2.69. The van der Waals surface area contributed by atoms with Gasteiger partial charge in [0.15, 0.2) is 11.5 Å². The van der Waals surface area contributed by atoms with Gasteiger partial charge in [-0.15, -0.1) is 0 Å².